The van der Waals surface area contributed by atoms with E-state index in [-0.39, 0.29) is 17.7 Å². The predicted molar refractivity (Wildman–Crippen MR) is 77.6 cm³/mol. The topological polar surface area (TPSA) is 90.1 Å². The van der Waals surface area contributed by atoms with Crippen LogP contribution in [0.25, 0.3) is 0 Å². The van der Waals surface area contributed by atoms with Crippen LogP contribution >= 0.6 is 11.3 Å². The molecule has 7 nitrogen and oxygen atoms in total. The quantitative estimate of drug-likeness (QED) is 0.907. The third kappa shape index (κ3) is 3.45. The maximum Gasteiger partial charge on any atom is 0.358 e. The van der Waals surface area contributed by atoms with Gasteiger partial charge in [-0.1, -0.05) is 26.0 Å². The van der Waals surface area contributed by atoms with E-state index in [9.17, 15) is 4.79 Å². The van der Waals surface area contributed by atoms with Crippen molar-refractivity contribution in [1.29, 1.82) is 0 Å². The van der Waals surface area contributed by atoms with Gasteiger partial charge in [-0.15, -0.1) is 16.4 Å². The minimum absolute atomic E-state index is 0.00708. The summed E-state index contributed by atoms with van der Waals surface area (Å²) in [5.74, 6) is -1.11. The highest BCUT2D eigenvalue weighted by molar-refractivity contribution is 7.09. The van der Waals surface area contributed by atoms with Gasteiger partial charge in [0, 0.05) is 17.9 Å². The van der Waals surface area contributed by atoms with E-state index >= 15 is 0 Å². The molecule has 2 aromatic rings. The Balaban J connectivity index is 2.27. The van der Waals surface area contributed by atoms with Crippen LogP contribution in [0.4, 0.5) is 0 Å². The average molecular weight is 310 g/mol. The first-order valence-electron chi connectivity index (χ1n) is 6.42. The molecule has 2 aromatic heterocycles. The summed E-state index contributed by atoms with van der Waals surface area (Å²) in [6.45, 7) is 6.83. The van der Waals surface area contributed by atoms with Crippen molar-refractivity contribution in [3.8, 4) is 0 Å². The minimum Gasteiger partial charge on any atom is -0.476 e. The second-order valence-electron chi connectivity index (χ2n) is 5.67. The number of rotatable bonds is 5. The van der Waals surface area contributed by atoms with Gasteiger partial charge in [-0.25, -0.2) is 14.5 Å². The van der Waals surface area contributed by atoms with Gasteiger partial charge in [0.25, 0.3) is 0 Å². The molecule has 8 heteroatoms. The Morgan fingerprint density at radius 3 is 2.71 bits per heavy atom. The van der Waals surface area contributed by atoms with Crippen molar-refractivity contribution in [3.05, 3.63) is 27.5 Å². The summed E-state index contributed by atoms with van der Waals surface area (Å²) in [4.78, 5) is 15.7. The number of ether oxygens (including phenoxy) is 1. The number of carbonyl (C=O) groups is 1. The maximum atomic E-state index is 11.1. The molecule has 2 heterocycles. The lowest BCUT2D eigenvalue weighted by Crippen LogP contribution is -2.12. The van der Waals surface area contributed by atoms with Gasteiger partial charge in [0.15, 0.2) is 5.69 Å². The number of nitrogens with zero attached hydrogens (tertiary/aromatic N) is 4. The first kappa shape index (κ1) is 15.6. The van der Waals surface area contributed by atoms with Crippen LogP contribution < -0.4 is 0 Å². The Kier molecular flexibility index (Phi) is 4.38. The van der Waals surface area contributed by atoms with Gasteiger partial charge in [0.1, 0.15) is 0 Å². The van der Waals surface area contributed by atoms with E-state index in [1.54, 1.807) is 11.3 Å². The first-order chi connectivity index (χ1) is 9.82. The third-order valence-electron chi connectivity index (χ3n) is 2.83. The van der Waals surface area contributed by atoms with Crippen LogP contribution in [0.3, 0.4) is 0 Å². The molecule has 0 aliphatic carbocycles. The zero-order valence-electron chi connectivity index (χ0n) is 12.5. The van der Waals surface area contributed by atoms with Crippen molar-refractivity contribution in [2.75, 3.05) is 7.11 Å². The number of methoxy groups -OCH3 is 1. The highest BCUT2D eigenvalue weighted by atomic mass is 32.1. The largest absolute Gasteiger partial charge is 0.476 e. The molecule has 0 bridgehead atoms. The summed E-state index contributed by atoms with van der Waals surface area (Å²) in [6, 6.07) is 0. The Hall–Kier alpha value is -1.80. The molecule has 0 spiro atoms. The van der Waals surface area contributed by atoms with Crippen molar-refractivity contribution >= 4 is 17.3 Å². The fourth-order valence-corrected chi connectivity index (χ4v) is 2.68. The third-order valence-corrected chi connectivity index (χ3v) is 4.14. The molecule has 114 valence electrons. The van der Waals surface area contributed by atoms with Crippen LogP contribution in [-0.4, -0.2) is 38.2 Å². The summed E-state index contributed by atoms with van der Waals surface area (Å²) >= 11 is 1.59. The minimum atomic E-state index is -1.11. The Morgan fingerprint density at radius 1 is 1.48 bits per heavy atom. The number of hydrogen-bond acceptors (Lipinski definition) is 6. The molecule has 0 atom stereocenters. The zero-order valence-corrected chi connectivity index (χ0v) is 13.3. The molecule has 2 rings (SSSR count). The number of hydrogen-bond donors (Lipinski definition) is 1. The van der Waals surface area contributed by atoms with E-state index in [1.165, 1.54) is 11.8 Å². The zero-order chi connectivity index (χ0) is 15.6. The Labute approximate surface area is 126 Å². The summed E-state index contributed by atoms with van der Waals surface area (Å²) in [5, 5.41) is 19.7. The molecular weight excluding hydrogens is 292 g/mol. The van der Waals surface area contributed by atoms with Crippen molar-refractivity contribution in [1.82, 2.24) is 20.0 Å². The summed E-state index contributed by atoms with van der Waals surface area (Å²) < 4.78 is 6.56. The summed E-state index contributed by atoms with van der Waals surface area (Å²) in [7, 11) is 1.50. The number of thiazole rings is 1. The molecule has 0 unspecified atom stereocenters. The van der Waals surface area contributed by atoms with Gasteiger partial charge < -0.3 is 9.84 Å². The molecule has 0 saturated heterocycles. The monoisotopic (exact) mass is 310 g/mol. The standard InChI is InChI=1S/C13H18N4O3S/c1-13(2,3)12-14-8(7-21-12)5-17-9(6-20-4)10(11(18)19)15-16-17/h7H,5-6H2,1-4H3,(H,18,19). The van der Waals surface area contributed by atoms with Gasteiger partial charge in [-0.2, -0.15) is 0 Å². The molecule has 21 heavy (non-hydrogen) atoms. The SMILES string of the molecule is COCc1c(C(=O)O)nnn1Cc1csc(C(C)(C)C)n1. The molecular formula is C13H18N4O3S. The van der Waals surface area contributed by atoms with Crippen LogP contribution in [-0.2, 0) is 23.3 Å². The van der Waals surface area contributed by atoms with E-state index in [0.717, 1.165) is 10.7 Å². The van der Waals surface area contributed by atoms with E-state index in [2.05, 4.69) is 36.1 Å². The van der Waals surface area contributed by atoms with Crippen molar-refractivity contribution in [2.45, 2.75) is 39.3 Å². The van der Waals surface area contributed by atoms with E-state index in [1.807, 2.05) is 5.38 Å². The predicted octanol–water partition coefficient (Wildman–Crippen LogP) is 1.92. The average Bonchev–Trinajstić information content (AvgIpc) is 2.98. The Bertz CT molecular complexity index is 642. The van der Waals surface area contributed by atoms with Crippen molar-refractivity contribution in [2.24, 2.45) is 0 Å². The van der Waals surface area contributed by atoms with Gasteiger partial charge in [0.05, 0.1) is 29.5 Å². The van der Waals surface area contributed by atoms with Crippen molar-refractivity contribution in [3.63, 3.8) is 0 Å². The lowest BCUT2D eigenvalue weighted by atomic mass is 9.98. The number of carboxylic acids is 1. The van der Waals surface area contributed by atoms with Gasteiger partial charge in [0.2, 0.25) is 0 Å². The second kappa shape index (κ2) is 5.90. The van der Waals surface area contributed by atoms with Crippen LogP contribution in [0.2, 0.25) is 0 Å². The lowest BCUT2D eigenvalue weighted by Gasteiger charge is -2.13. The molecule has 0 aliphatic rings. The lowest BCUT2D eigenvalue weighted by molar-refractivity contribution is 0.0684. The second-order valence-corrected chi connectivity index (χ2v) is 6.53. The fourth-order valence-electron chi connectivity index (χ4n) is 1.78. The van der Waals surface area contributed by atoms with Crippen LogP contribution in [0.1, 0.15) is 47.7 Å². The summed E-state index contributed by atoms with van der Waals surface area (Å²) in [5.41, 5.74) is 1.19. The van der Waals surface area contributed by atoms with Crippen molar-refractivity contribution < 1.29 is 14.6 Å². The van der Waals surface area contributed by atoms with E-state index < -0.39 is 5.97 Å². The first-order valence-corrected chi connectivity index (χ1v) is 7.30. The molecule has 0 fully saturated rings. The molecule has 0 radical (unpaired) electrons. The maximum absolute atomic E-state index is 11.1. The Morgan fingerprint density at radius 2 is 2.19 bits per heavy atom. The normalized spacial score (nSPS) is 11.8. The van der Waals surface area contributed by atoms with Crippen LogP contribution in [0.15, 0.2) is 5.38 Å². The van der Waals surface area contributed by atoms with Gasteiger partial charge >= 0.3 is 5.97 Å². The van der Waals surface area contributed by atoms with Gasteiger partial charge in [-0.05, 0) is 0 Å². The fraction of sp³-hybridized carbons (Fsp3) is 0.538. The van der Waals surface area contributed by atoms with Crippen LogP contribution in [0, 0.1) is 0 Å². The van der Waals surface area contributed by atoms with Gasteiger partial charge in [-0.3, -0.25) is 0 Å². The highest BCUT2D eigenvalue weighted by Crippen LogP contribution is 2.26. The molecule has 0 saturated carbocycles. The molecule has 1 N–H and O–H groups in total. The molecule has 0 aromatic carbocycles. The van der Waals surface area contributed by atoms with E-state index in [4.69, 9.17) is 9.84 Å². The molecule has 0 aliphatic heterocycles. The molecule has 0 amide bonds. The highest BCUT2D eigenvalue weighted by Gasteiger charge is 2.21. The number of aromatic carboxylic acids is 1. The number of carboxylic acid groups (broad SMARTS) is 1. The van der Waals surface area contributed by atoms with Crippen LogP contribution in [0.5, 0.6) is 0 Å². The number of aromatic nitrogens is 4. The summed E-state index contributed by atoms with van der Waals surface area (Å²) in [6.07, 6.45) is 0. The van der Waals surface area contributed by atoms with E-state index in [0.29, 0.717) is 12.2 Å². The smallest absolute Gasteiger partial charge is 0.358 e.